The summed E-state index contributed by atoms with van der Waals surface area (Å²) in [4.78, 5) is 4.31. The number of nitrogens with zero attached hydrogens (tertiary/aromatic N) is 3. The zero-order valence-corrected chi connectivity index (χ0v) is 11.4. The number of hydrogen-bond acceptors (Lipinski definition) is 4. The summed E-state index contributed by atoms with van der Waals surface area (Å²) in [5.41, 5.74) is 5.87. The van der Waals surface area contributed by atoms with Crippen LogP contribution in [0.3, 0.4) is 0 Å². The Morgan fingerprint density at radius 3 is 3.33 bits per heavy atom. The number of fused-ring (bicyclic) bond motifs is 1. The Labute approximate surface area is 111 Å². The van der Waals surface area contributed by atoms with E-state index in [1.165, 1.54) is 29.8 Å². The van der Waals surface area contributed by atoms with E-state index in [0.29, 0.717) is 6.04 Å². The van der Waals surface area contributed by atoms with Gasteiger partial charge in [-0.05, 0) is 19.3 Å². The molecule has 0 saturated carbocycles. The fraction of sp³-hybridized carbons (Fsp3) is 0.538. The van der Waals surface area contributed by atoms with Crippen LogP contribution in [0.2, 0.25) is 0 Å². The first-order valence-corrected chi connectivity index (χ1v) is 7.40. The van der Waals surface area contributed by atoms with Crippen molar-refractivity contribution in [3.05, 3.63) is 34.0 Å². The maximum Gasteiger partial charge on any atom is 0.0794 e. The van der Waals surface area contributed by atoms with E-state index in [4.69, 9.17) is 0 Å². The molecule has 5 heteroatoms. The Morgan fingerprint density at radius 1 is 1.56 bits per heavy atom. The second-order valence-electron chi connectivity index (χ2n) is 4.80. The number of aromatic nitrogens is 3. The molecule has 0 spiro atoms. The fourth-order valence-corrected chi connectivity index (χ4v) is 3.25. The Kier molecular flexibility index (Phi) is 3.43. The van der Waals surface area contributed by atoms with Gasteiger partial charge in [0, 0.05) is 42.7 Å². The van der Waals surface area contributed by atoms with Crippen molar-refractivity contribution in [2.75, 3.05) is 6.54 Å². The average Bonchev–Trinajstić information content (AvgIpc) is 3.01. The Hall–Kier alpha value is -1.20. The van der Waals surface area contributed by atoms with Crippen LogP contribution in [0.4, 0.5) is 0 Å². The van der Waals surface area contributed by atoms with Gasteiger partial charge in [0.1, 0.15) is 0 Å². The minimum absolute atomic E-state index is 0.473. The zero-order chi connectivity index (χ0) is 12.4. The number of rotatable bonds is 4. The maximum atomic E-state index is 4.37. The smallest absolute Gasteiger partial charge is 0.0794 e. The molecule has 0 saturated heterocycles. The van der Waals surface area contributed by atoms with Crippen LogP contribution in [0.1, 0.15) is 35.8 Å². The first-order valence-electron chi connectivity index (χ1n) is 6.46. The fourth-order valence-electron chi connectivity index (χ4n) is 2.65. The van der Waals surface area contributed by atoms with Crippen LogP contribution < -0.4 is 5.32 Å². The van der Waals surface area contributed by atoms with Crippen molar-refractivity contribution in [3.63, 3.8) is 0 Å². The molecular formula is C13H18N4S. The van der Waals surface area contributed by atoms with Gasteiger partial charge in [0.05, 0.1) is 17.4 Å². The third-order valence-electron chi connectivity index (χ3n) is 3.63. The van der Waals surface area contributed by atoms with Gasteiger partial charge in [0.2, 0.25) is 0 Å². The van der Waals surface area contributed by atoms with Gasteiger partial charge in [-0.3, -0.25) is 4.68 Å². The van der Waals surface area contributed by atoms with Gasteiger partial charge >= 0.3 is 0 Å². The lowest BCUT2D eigenvalue weighted by molar-refractivity contribution is 0.455. The summed E-state index contributed by atoms with van der Waals surface area (Å²) in [6.07, 6.45) is 6.66. The summed E-state index contributed by atoms with van der Waals surface area (Å²) in [6.45, 7) is 0.989. The van der Waals surface area contributed by atoms with Crippen LogP contribution in [0.25, 0.3) is 0 Å². The van der Waals surface area contributed by atoms with E-state index in [-0.39, 0.29) is 0 Å². The van der Waals surface area contributed by atoms with Crippen molar-refractivity contribution < 1.29 is 0 Å². The highest BCUT2D eigenvalue weighted by molar-refractivity contribution is 7.07. The van der Waals surface area contributed by atoms with E-state index in [9.17, 15) is 0 Å². The highest BCUT2D eigenvalue weighted by Gasteiger charge is 2.22. The van der Waals surface area contributed by atoms with Gasteiger partial charge < -0.3 is 5.32 Å². The van der Waals surface area contributed by atoms with E-state index < -0.39 is 0 Å². The molecule has 4 nitrogen and oxygen atoms in total. The summed E-state index contributed by atoms with van der Waals surface area (Å²) < 4.78 is 2.02. The molecule has 0 bridgehead atoms. The lowest BCUT2D eigenvalue weighted by Crippen LogP contribution is -2.27. The van der Waals surface area contributed by atoms with Crippen LogP contribution >= 0.6 is 11.3 Å². The SMILES string of the molecule is Cn1ncc2c1CCCC2NCCc1cscn1. The first-order chi connectivity index (χ1) is 8.84. The monoisotopic (exact) mass is 262 g/mol. The van der Waals surface area contributed by atoms with E-state index in [0.717, 1.165) is 19.4 Å². The van der Waals surface area contributed by atoms with Gasteiger partial charge in [0.25, 0.3) is 0 Å². The predicted octanol–water partition coefficient (Wildman–Crippen LogP) is 2.09. The third kappa shape index (κ3) is 2.33. The summed E-state index contributed by atoms with van der Waals surface area (Å²) in [5.74, 6) is 0. The average molecular weight is 262 g/mol. The van der Waals surface area contributed by atoms with Gasteiger partial charge in [-0.25, -0.2) is 4.98 Å². The zero-order valence-electron chi connectivity index (χ0n) is 10.6. The van der Waals surface area contributed by atoms with Gasteiger partial charge in [0.15, 0.2) is 0 Å². The standard InChI is InChI=1S/C13H18N4S/c1-17-13-4-2-3-12(11(13)7-16-17)14-6-5-10-8-18-9-15-10/h7-9,12,14H,2-6H2,1H3. The molecule has 2 aromatic heterocycles. The molecule has 1 atom stereocenters. The summed E-state index contributed by atoms with van der Waals surface area (Å²) >= 11 is 1.67. The molecule has 1 aliphatic carbocycles. The van der Waals surface area contributed by atoms with Crippen molar-refractivity contribution in [1.82, 2.24) is 20.1 Å². The number of thiazole rings is 1. The molecule has 0 fully saturated rings. The molecule has 18 heavy (non-hydrogen) atoms. The van der Waals surface area contributed by atoms with Gasteiger partial charge in [-0.15, -0.1) is 11.3 Å². The first kappa shape index (κ1) is 11.9. The van der Waals surface area contributed by atoms with Crippen LogP contribution in [0.15, 0.2) is 17.1 Å². The van der Waals surface area contributed by atoms with Crippen LogP contribution in [0, 0.1) is 0 Å². The lowest BCUT2D eigenvalue weighted by atomic mass is 9.93. The number of hydrogen-bond donors (Lipinski definition) is 1. The molecule has 0 aromatic carbocycles. The Morgan fingerprint density at radius 2 is 2.50 bits per heavy atom. The molecular weight excluding hydrogens is 244 g/mol. The highest BCUT2D eigenvalue weighted by atomic mass is 32.1. The van der Waals surface area contributed by atoms with Gasteiger partial charge in [-0.1, -0.05) is 0 Å². The highest BCUT2D eigenvalue weighted by Crippen LogP contribution is 2.28. The second-order valence-corrected chi connectivity index (χ2v) is 5.52. The molecule has 1 N–H and O–H groups in total. The van der Waals surface area contributed by atoms with Crippen molar-refractivity contribution in [3.8, 4) is 0 Å². The topological polar surface area (TPSA) is 42.7 Å². The summed E-state index contributed by atoms with van der Waals surface area (Å²) in [6, 6.07) is 0.473. The van der Waals surface area contributed by atoms with E-state index in [1.807, 2.05) is 23.4 Å². The molecule has 0 radical (unpaired) electrons. The van der Waals surface area contributed by atoms with Crippen molar-refractivity contribution in [1.29, 1.82) is 0 Å². The Bertz CT molecular complexity index is 503. The van der Waals surface area contributed by atoms with Crippen LogP contribution in [-0.4, -0.2) is 21.3 Å². The molecule has 96 valence electrons. The van der Waals surface area contributed by atoms with E-state index >= 15 is 0 Å². The lowest BCUT2D eigenvalue weighted by Gasteiger charge is -2.23. The van der Waals surface area contributed by atoms with Crippen molar-refractivity contribution >= 4 is 11.3 Å². The minimum Gasteiger partial charge on any atom is -0.309 e. The molecule has 0 amide bonds. The van der Waals surface area contributed by atoms with E-state index in [1.54, 1.807) is 11.3 Å². The maximum absolute atomic E-state index is 4.37. The molecule has 3 rings (SSSR count). The molecule has 1 unspecified atom stereocenters. The summed E-state index contributed by atoms with van der Waals surface area (Å²) in [5, 5.41) is 10.1. The van der Waals surface area contributed by atoms with E-state index in [2.05, 4.69) is 20.8 Å². The molecule has 2 aromatic rings. The van der Waals surface area contributed by atoms with Crippen LogP contribution in [0.5, 0.6) is 0 Å². The quantitative estimate of drug-likeness (QED) is 0.917. The van der Waals surface area contributed by atoms with Crippen molar-refractivity contribution in [2.45, 2.75) is 31.7 Å². The second kappa shape index (κ2) is 5.20. The minimum atomic E-state index is 0.473. The molecule has 2 heterocycles. The van der Waals surface area contributed by atoms with Crippen LogP contribution in [-0.2, 0) is 19.9 Å². The summed E-state index contributed by atoms with van der Waals surface area (Å²) in [7, 11) is 2.04. The Balaban J connectivity index is 1.60. The number of nitrogens with one attached hydrogen (secondary N) is 1. The normalized spacial score (nSPS) is 18.8. The predicted molar refractivity (Wildman–Crippen MR) is 72.7 cm³/mol. The van der Waals surface area contributed by atoms with Crippen molar-refractivity contribution in [2.24, 2.45) is 7.05 Å². The molecule has 1 aliphatic rings. The largest absolute Gasteiger partial charge is 0.309 e. The number of aryl methyl sites for hydroxylation is 1. The molecule has 0 aliphatic heterocycles. The van der Waals surface area contributed by atoms with Gasteiger partial charge in [-0.2, -0.15) is 5.10 Å². The third-order valence-corrected chi connectivity index (χ3v) is 4.27.